The Hall–Kier alpha value is -1.70. The van der Waals surface area contributed by atoms with E-state index in [4.69, 9.17) is 0 Å². The van der Waals surface area contributed by atoms with Crippen LogP contribution in [0, 0.1) is 0 Å². The van der Waals surface area contributed by atoms with Crippen LogP contribution in [0.4, 0.5) is 0 Å². The molecule has 0 bridgehead atoms. The zero-order chi connectivity index (χ0) is 11.4. The molecule has 0 radical (unpaired) electrons. The van der Waals surface area contributed by atoms with Crippen LogP contribution in [0.2, 0.25) is 0 Å². The van der Waals surface area contributed by atoms with Crippen LogP contribution < -0.4 is 0 Å². The quantitative estimate of drug-likeness (QED) is 0.776. The molecule has 2 heterocycles. The molecule has 0 N–H and O–H groups in total. The first-order valence-electron chi connectivity index (χ1n) is 5.69. The average Bonchev–Trinajstić information content (AvgIpc) is 2.39. The highest BCUT2D eigenvalue weighted by Gasteiger charge is 2.11. The summed E-state index contributed by atoms with van der Waals surface area (Å²) < 4.78 is 0. The van der Waals surface area contributed by atoms with E-state index < -0.39 is 0 Å². The third kappa shape index (κ3) is 2.11. The summed E-state index contributed by atoms with van der Waals surface area (Å²) in [5.74, 6) is 0.519. The third-order valence-electron chi connectivity index (χ3n) is 2.89. The maximum absolute atomic E-state index is 4.46. The van der Waals surface area contributed by atoms with E-state index >= 15 is 0 Å². The lowest BCUT2D eigenvalue weighted by molar-refractivity contribution is 0.731. The van der Waals surface area contributed by atoms with Crippen molar-refractivity contribution in [1.29, 1.82) is 0 Å². The fourth-order valence-electron chi connectivity index (χ4n) is 1.75. The van der Waals surface area contributed by atoms with E-state index in [0.29, 0.717) is 5.92 Å². The lowest BCUT2D eigenvalue weighted by Crippen LogP contribution is -1.98. The SMILES string of the molecule is CCC(C)c1cccnc1-c1ccccn1. The number of nitrogens with zero attached hydrogens (tertiary/aromatic N) is 2. The molecule has 0 aliphatic carbocycles. The van der Waals surface area contributed by atoms with Crippen molar-refractivity contribution >= 4 is 0 Å². The van der Waals surface area contributed by atoms with Crippen LogP contribution in [0.25, 0.3) is 11.4 Å². The van der Waals surface area contributed by atoms with Crippen LogP contribution in [-0.2, 0) is 0 Å². The summed E-state index contributed by atoms with van der Waals surface area (Å²) in [5.41, 5.74) is 3.25. The van der Waals surface area contributed by atoms with Crippen LogP contribution >= 0.6 is 0 Å². The second-order valence-corrected chi connectivity index (χ2v) is 3.97. The number of hydrogen-bond acceptors (Lipinski definition) is 2. The molecule has 0 amide bonds. The lowest BCUT2D eigenvalue weighted by Gasteiger charge is -2.13. The van der Waals surface area contributed by atoms with Crippen molar-refractivity contribution in [2.75, 3.05) is 0 Å². The Morgan fingerprint density at radius 3 is 2.56 bits per heavy atom. The summed E-state index contributed by atoms with van der Waals surface area (Å²) in [6.07, 6.45) is 4.76. The predicted molar refractivity (Wildman–Crippen MR) is 66.2 cm³/mol. The first kappa shape index (κ1) is 10.8. The first-order chi connectivity index (χ1) is 7.83. The van der Waals surface area contributed by atoms with Gasteiger partial charge in [-0.1, -0.05) is 26.0 Å². The van der Waals surface area contributed by atoms with Crippen molar-refractivity contribution in [2.45, 2.75) is 26.2 Å². The van der Waals surface area contributed by atoms with Crippen LogP contribution in [0.5, 0.6) is 0 Å². The van der Waals surface area contributed by atoms with Crippen molar-refractivity contribution in [1.82, 2.24) is 9.97 Å². The molecule has 2 aromatic rings. The molecule has 0 fully saturated rings. The highest BCUT2D eigenvalue weighted by atomic mass is 14.8. The van der Waals surface area contributed by atoms with Crippen LogP contribution in [0.1, 0.15) is 31.7 Å². The van der Waals surface area contributed by atoms with Crippen molar-refractivity contribution < 1.29 is 0 Å². The van der Waals surface area contributed by atoms with E-state index in [2.05, 4.69) is 29.9 Å². The Kier molecular flexibility index (Phi) is 3.30. The molecular formula is C14H16N2. The van der Waals surface area contributed by atoms with Gasteiger partial charge in [-0.2, -0.15) is 0 Å². The molecule has 2 aromatic heterocycles. The van der Waals surface area contributed by atoms with Crippen LogP contribution in [0.15, 0.2) is 42.7 Å². The van der Waals surface area contributed by atoms with E-state index in [1.165, 1.54) is 5.56 Å². The van der Waals surface area contributed by atoms with Gasteiger partial charge in [-0.15, -0.1) is 0 Å². The van der Waals surface area contributed by atoms with Crippen molar-refractivity contribution in [3.05, 3.63) is 48.3 Å². The highest BCUT2D eigenvalue weighted by molar-refractivity contribution is 5.59. The van der Waals surface area contributed by atoms with Crippen LogP contribution in [0.3, 0.4) is 0 Å². The van der Waals surface area contributed by atoms with Gasteiger partial charge in [-0.25, -0.2) is 0 Å². The molecule has 1 unspecified atom stereocenters. The van der Waals surface area contributed by atoms with Crippen molar-refractivity contribution in [2.24, 2.45) is 0 Å². The smallest absolute Gasteiger partial charge is 0.0920 e. The molecular weight excluding hydrogens is 196 g/mol. The second-order valence-electron chi connectivity index (χ2n) is 3.97. The molecule has 0 saturated heterocycles. The number of pyridine rings is 2. The summed E-state index contributed by atoms with van der Waals surface area (Å²) in [6.45, 7) is 4.42. The number of aromatic nitrogens is 2. The molecule has 2 nitrogen and oxygen atoms in total. The Morgan fingerprint density at radius 2 is 1.88 bits per heavy atom. The molecule has 16 heavy (non-hydrogen) atoms. The maximum Gasteiger partial charge on any atom is 0.0920 e. The summed E-state index contributed by atoms with van der Waals surface area (Å²) in [4.78, 5) is 8.82. The third-order valence-corrected chi connectivity index (χ3v) is 2.89. The Bertz CT molecular complexity index is 451. The van der Waals surface area contributed by atoms with E-state index in [1.807, 2.05) is 36.7 Å². The topological polar surface area (TPSA) is 25.8 Å². The van der Waals surface area contributed by atoms with E-state index in [1.54, 1.807) is 0 Å². The first-order valence-corrected chi connectivity index (χ1v) is 5.69. The summed E-state index contributed by atoms with van der Waals surface area (Å²) in [7, 11) is 0. The Labute approximate surface area is 96.4 Å². The van der Waals surface area contributed by atoms with E-state index in [0.717, 1.165) is 17.8 Å². The van der Waals surface area contributed by atoms with Crippen molar-refractivity contribution in [3.8, 4) is 11.4 Å². The average molecular weight is 212 g/mol. The molecule has 2 heteroatoms. The molecule has 0 aliphatic heterocycles. The Morgan fingerprint density at radius 1 is 1.06 bits per heavy atom. The fourth-order valence-corrected chi connectivity index (χ4v) is 1.75. The number of rotatable bonds is 3. The summed E-state index contributed by atoms with van der Waals surface area (Å²) in [5, 5.41) is 0. The largest absolute Gasteiger partial charge is 0.255 e. The minimum absolute atomic E-state index is 0.519. The minimum atomic E-state index is 0.519. The van der Waals surface area contributed by atoms with Gasteiger partial charge in [0, 0.05) is 12.4 Å². The van der Waals surface area contributed by atoms with Gasteiger partial charge < -0.3 is 0 Å². The summed E-state index contributed by atoms with van der Waals surface area (Å²) in [6, 6.07) is 10.1. The molecule has 0 aromatic carbocycles. The van der Waals surface area contributed by atoms with Gasteiger partial charge >= 0.3 is 0 Å². The van der Waals surface area contributed by atoms with E-state index in [-0.39, 0.29) is 0 Å². The standard InChI is InChI=1S/C14H16N2/c1-3-11(2)12-7-6-10-16-14(12)13-8-4-5-9-15-13/h4-11H,3H2,1-2H3. The minimum Gasteiger partial charge on any atom is -0.255 e. The molecule has 0 saturated carbocycles. The van der Waals surface area contributed by atoms with Gasteiger partial charge in [0.05, 0.1) is 11.4 Å². The van der Waals surface area contributed by atoms with Gasteiger partial charge in [0.1, 0.15) is 0 Å². The van der Waals surface area contributed by atoms with Gasteiger partial charge in [-0.3, -0.25) is 9.97 Å². The zero-order valence-corrected chi connectivity index (χ0v) is 9.72. The lowest BCUT2D eigenvalue weighted by atomic mass is 9.96. The van der Waals surface area contributed by atoms with Gasteiger partial charge in [0.15, 0.2) is 0 Å². The molecule has 0 spiro atoms. The van der Waals surface area contributed by atoms with Crippen molar-refractivity contribution in [3.63, 3.8) is 0 Å². The monoisotopic (exact) mass is 212 g/mol. The van der Waals surface area contributed by atoms with Gasteiger partial charge in [0.2, 0.25) is 0 Å². The molecule has 0 aliphatic rings. The Balaban J connectivity index is 2.49. The predicted octanol–water partition coefficient (Wildman–Crippen LogP) is 3.66. The molecule has 2 rings (SSSR count). The molecule has 1 atom stereocenters. The maximum atomic E-state index is 4.46. The highest BCUT2D eigenvalue weighted by Crippen LogP contribution is 2.27. The number of hydrogen-bond donors (Lipinski definition) is 0. The second kappa shape index (κ2) is 4.88. The normalized spacial score (nSPS) is 12.4. The zero-order valence-electron chi connectivity index (χ0n) is 9.72. The van der Waals surface area contributed by atoms with Crippen LogP contribution in [-0.4, -0.2) is 9.97 Å². The fraction of sp³-hybridized carbons (Fsp3) is 0.286. The van der Waals surface area contributed by atoms with Gasteiger partial charge in [0.25, 0.3) is 0 Å². The summed E-state index contributed by atoms with van der Waals surface area (Å²) >= 11 is 0. The van der Waals surface area contributed by atoms with Gasteiger partial charge in [-0.05, 0) is 36.1 Å². The van der Waals surface area contributed by atoms with E-state index in [9.17, 15) is 0 Å². The molecule has 82 valence electrons.